The van der Waals surface area contributed by atoms with E-state index in [1.54, 1.807) is 29.2 Å². The number of furan rings is 1. The average Bonchev–Trinajstić information content (AvgIpc) is 3.03. The van der Waals surface area contributed by atoms with Gasteiger partial charge in [-0.15, -0.1) is 0 Å². The molecule has 1 saturated heterocycles. The minimum Gasteiger partial charge on any atom is -0.486 e. The molecular weight excluding hydrogens is 422 g/mol. The van der Waals surface area contributed by atoms with Gasteiger partial charge in [0.2, 0.25) is 0 Å². The molecule has 1 fully saturated rings. The van der Waals surface area contributed by atoms with Crippen LogP contribution in [-0.2, 0) is 0 Å². The lowest BCUT2D eigenvalue weighted by Gasteiger charge is -2.44. The second-order valence-electron chi connectivity index (χ2n) is 6.88. The van der Waals surface area contributed by atoms with Gasteiger partial charge in [-0.05, 0) is 52.7 Å². The van der Waals surface area contributed by atoms with Crippen LogP contribution >= 0.6 is 27.5 Å². The summed E-state index contributed by atoms with van der Waals surface area (Å²) in [6.07, 6.45) is 1.52. The maximum absolute atomic E-state index is 12.7. The van der Waals surface area contributed by atoms with Crippen LogP contribution in [0.2, 0.25) is 5.02 Å². The van der Waals surface area contributed by atoms with E-state index in [0.717, 1.165) is 5.56 Å². The van der Waals surface area contributed by atoms with Crippen molar-refractivity contribution in [3.63, 3.8) is 0 Å². The molecule has 1 aromatic heterocycles. The van der Waals surface area contributed by atoms with Crippen molar-refractivity contribution in [3.05, 3.63) is 50.8 Å². The van der Waals surface area contributed by atoms with Crippen LogP contribution in [0.4, 0.5) is 0 Å². The van der Waals surface area contributed by atoms with E-state index in [0.29, 0.717) is 59.1 Å². The number of rotatable bonds is 1. The summed E-state index contributed by atoms with van der Waals surface area (Å²) in [6.45, 7) is 2.93. The first-order valence-corrected chi connectivity index (χ1v) is 9.61. The molecular formula is C19H17BrClNO4. The van der Waals surface area contributed by atoms with Crippen LogP contribution in [0, 0.1) is 6.92 Å². The molecule has 3 heterocycles. The summed E-state index contributed by atoms with van der Waals surface area (Å²) in [5.41, 5.74) is 0.863. The molecule has 4 rings (SSSR count). The van der Waals surface area contributed by atoms with Crippen molar-refractivity contribution in [1.29, 1.82) is 0 Å². The fourth-order valence-corrected chi connectivity index (χ4v) is 4.27. The number of nitrogens with zero attached hydrogens (tertiary/aromatic N) is 1. The highest BCUT2D eigenvalue weighted by Gasteiger charge is 2.44. The molecule has 1 spiro atoms. The highest BCUT2D eigenvalue weighted by Crippen LogP contribution is 2.42. The van der Waals surface area contributed by atoms with Crippen molar-refractivity contribution in [2.75, 3.05) is 13.1 Å². The van der Waals surface area contributed by atoms with Crippen molar-refractivity contribution < 1.29 is 18.7 Å². The third kappa shape index (κ3) is 3.05. The summed E-state index contributed by atoms with van der Waals surface area (Å²) in [4.78, 5) is 26.9. The zero-order valence-electron chi connectivity index (χ0n) is 14.2. The number of aryl methyl sites for hydroxylation is 1. The summed E-state index contributed by atoms with van der Waals surface area (Å²) >= 11 is 9.29. The Labute approximate surface area is 164 Å². The molecule has 2 aromatic rings. The maximum Gasteiger partial charge on any atom is 0.289 e. The second-order valence-corrected chi connectivity index (χ2v) is 8.10. The fraction of sp³-hybridized carbons (Fsp3) is 0.368. The second kappa shape index (κ2) is 6.43. The van der Waals surface area contributed by atoms with Crippen LogP contribution in [0.5, 0.6) is 5.75 Å². The minimum atomic E-state index is -0.552. The van der Waals surface area contributed by atoms with Crippen LogP contribution < -0.4 is 4.74 Å². The largest absolute Gasteiger partial charge is 0.486 e. The Hall–Kier alpha value is -1.79. The van der Waals surface area contributed by atoms with E-state index in [1.807, 2.05) is 6.92 Å². The number of hydrogen-bond donors (Lipinski definition) is 0. The van der Waals surface area contributed by atoms with Crippen LogP contribution in [-0.4, -0.2) is 35.3 Å². The lowest BCUT2D eigenvalue weighted by atomic mass is 9.82. The normalized spacial score (nSPS) is 18.6. The summed E-state index contributed by atoms with van der Waals surface area (Å²) in [7, 11) is 0. The zero-order chi connectivity index (χ0) is 18.5. The van der Waals surface area contributed by atoms with Crippen LogP contribution in [0.15, 0.2) is 33.4 Å². The molecule has 0 atom stereocenters. The average molecular weight is 439 g/mol. The molecule has 1 amide bonds. The minimum absolute atomic E-state index is 0.0478. The van der Waals surface area contributed by atoms with Gasteiger partial charge in [0.1, 0.15) is 11.4 Å². The number of ketones is 1. The van der Waals surface area contributed by atoms with Gasteiger partial charge in [-0.3, -0.25) is 9.59 Å². The number of piperidine rings is 1. The van der Waals surface area contributed by atoms with E-state index in [9.17, 15) is 9.59 Å². The first-order valence-electron chi connectivity index (χ1n) is 8.44. The van der Waals surface area contributed by atoms with Crippen molar-refractivity contribution >= 4 is 39.2 Å². The number of carbonyl (C=O) groups excluding carboxylic acids is 2. The Bertz CT molecular complexity index is 899. The molecule has 0 radical (unpaired) electrons. The molecule has 26 heavy (non-hydrogen) atoms. The number of Topliss-reactive ketones (excluding diaryl/α,β-unsaturated/α-hetero) is 1. The van der Waals surface area contributed by atoms with E-state index in [-0.39, 0.29) is 11.7 Å². The number of amides is 1. The first kappa shape index (κ1) is 17.6. The van der Waals surface area contributed by atoms with Crippen molar-refractivity contribution in [1.82, 2.24) is 4.90 Å². The van der Waals surface area contributed by atoms with Gasteiger partial charge < -0.3 is 14.1 Å². The monoisotopic (exact) mass is 437 g/mol. The van der Waals surface area contributed by atoms with Gasteiger partial charge in [0.05, 0.1) is 12.0 Å². The smallest absolute Gasteiger partial charge is 0.289 e. The van der Waals surface area contributed by atoms with E-state index in [4.69, 9.17) is 20.8 Å². The van der Waals surface area contributed by atoms with Gasteiger partial charge in [0.25, 0.3) is 5.91 Å². The Balaban J connectivity index is 1.52. The molecule has 0 unspecified atom stereocenters. The molecule has 2 aliphatic rings. The molecule has 0 saturated carbocycles. The zero-order valence-corrected chi connectivity index (χ0v) is 16.5. The third-order valence-electron chi connectivity index (χ3n) is 5.09. The van der Waals surface area contributed by atoms with Gasteiger partial charge in [0.15, 0.2) is 16.2 Å². The summed E-state index contributed by atoms with van der Waals surface area (Å²) in [5.74, 6) is 0.840. The van der Waals surface area contributed by atoms with Gasteiger partial charge >= 0.3 is 0 Å². The predicted octanol–water partition coefficient (Wildman–Crippen LogP) is 4.64. The van der Waals surface area contributed by atoms with Crippen molar-refractivity contribution in [2.24, 2.45) is 0 Å². The lowest BCUT2D eigenvalue weighted by molar-refractivity contribution is -0.00690. The predicted molar refractivity (Wildman–Crippen MR) is 100 cm³/mol. The molecule has 136 valence electrons. The van der Waals surface area contributed by atoms with E-state index in [1.165, 1.54) is 0 Å². The van der Waals surface area contributed by atoms with E-state index < -0.39 is 5.60 Å². The van der Waals surface area contributed by atoms with Crippen LogP contribution in [0.25, 0.3) is 0 Å². The molecule has 7 heteroatoms. The van der Waals surface area contributed by atoms with E-state index in [2.05, 4.69) is 15.9 Å². The Morgan fingerprint density at radius 1 is 1.27 bits per heavy atom. The Kier molecular flexibility index (Phi) is 4.35. The Morgan fingerprint density at radius 3 is 2.65 bits per heavy atom. The maximum atomic E-state index is 12.7. The molecule has 5 nitrogen and oxygen atoms in total. The number of fused-ring (bicyclic) bond motifs is 1. The number of benzene rings is 1. The van der Waals surface area contributed by atoms with Gasteiger partial charge in [-0.25, -0.2) is 0 Å². The Morgan fingerprint density at radius 2 is 2.00 bits per heavy atom. The van der Waals surface area contributed by atoms with Gasteiger partial charge in [-0.1, -0.05) is 11.6 Å². The number of likely N-dealkylation sites (tertiary alicyclic amines) is 1. The molecule has 0 aliphatic carbocycles. The summed E-state index contributed by atoms with van der Waals surface area (Å²) < 4.78 is 12.2. The van der Waals surface area contributed by atoms with Crippen molar-refractivity contribution in [3.8, 4) is 5.75 Å². The number of hydrogen-bond acceptors (Lipinski definition) is 4. The molecule has 1 aromatic carbocycles. The van der Waals surface area contributed by atoms with Gasteiger partial charge in [0, 0.05) is 31.0 Å². The molecule has 0 bridgehead atoms. The number of ether oxygens (including phenoxy) is 1. The van der Waals surface area contributed by atoms with Crippen LogP contribution in [0.1, 0.15) is 45.7 Å². The molecule has 0 N–H and O–H groups in total. The standard InChI is InChI=1S/C19H17BrClNO4/c1-11-8-12(21)9-13-14(23)10-19(26-17(11)13)4-6-22(7-5-19)18(24)15-2-3-16(20)25-15/h2-3,8-9H,4-7,10H2,1H3. The summed E-state index contributed by atoms with van der Waals surface area (Å²) in [6, 6.07) is 6.83. The quantitative estimate of drug-likeness (QED) is 0.650. The first-order chi connectivity index (χ1) is 12.4. The van der Waals surface area contributed by atoms with Gasteiger partial charge in [-0.2, -0.15) is 0 Å². The lowest BCUT2D eigenvalue weighted by Crippen LogP contribution is -2.52. The number of halogens is 2. The van der Waals surface area contributed by atoms with Crippen molar-refractivity contribution in [2.45, 2.75) is 31.8 Å². The highest BCUT2D eigenvalue weighted by atomic mass is 79.9. The SMILES string of the molecule is Cc1cc(Cl)cc2c1OC1(CCN(C(=O)c3ccc(Br)o3)CC1)CC2=O. The number of carbonyl (C=O) groups is 2. The summed E-state index contributed by atoms with van der Waals surface area (Å²) in [5, 5.41) is 0.541. The third-order valence-corrected chi connectivity index (χ3v) is 5.73. The van der Waals surface area contributed by atoms with Crippen LogP contribution in [0.3, 0.4) is 0 Å². The topological polar surface area (TPSA) is 59.8 Å². The molecule has 2 aliphatic heterocycles. The van der Waals surface area contributed by atoms with E-state index >= 15 is 0 Å². The highest BCUT2D eigenvalue weighted by molar-refractivity contribution is 9.10. The fourth-order valence-electron chi connectivity index (χ4n) is 3.69.